The number of fused-ring (bicyclic) bond motifs is 1. The summed E-state index contributed by atoms with van der Waals surface area (Å²) in [6.07, 6.45) is 0.156. The summed E-state index contributed by atoms with van der Waals surface area (Å²) in [5, 5.41) is 3.24. The number of aromatic amines is 1. The van der Waals surface area contributed by atoms with Gasteiger partial charge in [0.1, 0.15) is 5.82 Å². The first-order chi connectivity index (χ1) is 15.9. The van der Waals surface area contributed by atoms with Crippen molar-refractivity contribution in [2.45, 2.75) is 37.1 Å². The topological polar surface area (TPSA) is 93.3 Å². The number of ether oxygens (including phenoxy) is 2. The van der Waals surface area contributed by atoms with E-state index >= 15 is 0 Å². The third kappa shape index (κ3) is 5.39. The molecule has 7 nitrogen and oxygen atoms in total. The number of aromatic nitrogens is 2. The van der Waals surface area contributed by atoms with Gasteiger partial charge < -0.3 is 19.8 Å². The zero-order valence-corrected chi connectivity index (χ0v) is 19.7. The molecule has 2 N–H and O–H groups in total. The Bertz CT molecular complexity index is 1190. The number of anilines is 1. The van der Waals surface area contributed by atoms with Crippen molar-refractivity contribution in [3.8, 4) is 11.5 Å². The summed E-state index contributed by atoms with van der Waals surface area (Å²) in [6, 6.07) is 15.5. The van der Waals surface area contributed by atoms with Crippen LogP contribution in [0.25, 0.3) is 0 Å². The van der Waals surface area contributed by atoms with Crippen LogP contribution < -0.4 is 20.3 Å². The van der Waals surface area contributed by atoms with Crippen LogP contribution in [-0.4, -0.2) is 29.6 Å². The monoisotopic (exact) mass is 465 g/mol. The highest BCUT2D eigenvalue weighted by Crippen LogP contribution is 2.38. The SMILES string of the molecule is COc1cc(C2CC(=O)Nc3nc(SCc4ccccc4)[nH]c(=O)c32)ccc1OCC(C)C. The van der Waals surface area contributed by atoms with Crippen molar-refractivity contribution in [1.29, 1.82) is 0 Å². The Kier molecular flexibility index (Phi) is 7.03. The molecule has 1 aliphatic rings. The van der Waals surface area contributed by atoms with Crippen LogP contribution in [0.1, 0.15) is 42.9 Å². The number of benzene rings is 2. The van der Waals surface area contributed by atoms with Crippen LogP contribution in [0, 0.1) is 5.92 Å². The summed E-state index contributed by atoms with van der Waals surface area (Å²) in [5.74, 6) is 1.95. The minimum Gasteiger partial charge on any atom is -0.493 e. The largest absolute Gasteiger partial charge is 0.493 e. The lowest BCUT2D eigenvalue weighted by Gasteiger charge is -2.25. The maximum Gasteiger partial charge on any atom is 0.257 e. The summed E-state index contributed by atoms with van der Waals surface area (Å²) in [7, 11) is 1.58. The van der Waals surface area contributed by atoms with E-state index in [0.717, 1.165) is 11.1 Å². The lowest BCUT2D eigenvalue weighted by atomic mass is 9.86. The molecule has 0 spiro atoms. The van der Waals surface area contributed by atoms with Crippen molar-refractivity contribution in [2.24, 2.45) is 5.92 Å². The molecular weight excluding hydrogens is 438 g/mol. The fraction of sp³-hybridized carbons (Fsp3) is 0.320. The van der Waals surface area contributed by atoms with E-state index < -0.39 is 5.92 Å². The first-order valence-electron chi connectivity index (χ1n) is 10.9. The van der Waals surface area contributed by atoms with E-state index in [4.69, 9.17) is 9.47 Å². The normalized spacial score (nSPS) is 15.2. The number of hydrogen-bond acceptors (Lipinski definition) is 6. The van der Waals surface area contributed by atoms with Gasteiger partial charge in [-0.1, -0.05) is 62.0 Å². The Morgan fingerprint density at radius 2 is 1.91 bits per heavy atom. The molecule has 0 aliphatic carbocycles. The van der Waals surface area contributed by atoms with Crippen LogP contribution in [0.4, 0.5) is 5.82 Å². The van der Waals surface area contributed by atoms with Crippen molar-refractivity contribution >= 4 is 23.5 Å². The number of amides is 1. The van der Waals surface area contributed by atoms with Gasteiger partial charge in [0, 0.05) is 18.1 Å². The van der Waals surface area contributed by atoms with Gasteiger partial charge in [-0.3, -0.25) is 9.59 Å². The van der Waals surface area contributed by atoms with E-state index in [9.17, 15) is 9.59 Å². The molecule has 0 saturated carbocycles. The van der Waals surface area contributed by atoms with Crippen molar-refractivity contribution in [2.75, 3.05) is 19.0 Å². The molecule has 1 atom stereocenters. The molecule has 0 fully saturated rings. The zero-order valence-electron chi connectivity index (χ0n) is 18.9. The first-order valence-corrected chi connectivity index (χ1v) is 11.8. The number of H-pyrrole nitrogens is 1. The van der Waals surface area contributed by atoms with E-state index in [2.05, 4.69) is 29.1 Å². The van der Waals surface area contributed by atoms with Gasteiger partial charge in [0.2, 0.25) is 5.91 Å². The van der Waals surface area contributed by atoms with Crippen LogP contribution in [0.5, 0.6) is 11.5 Å². The van der Waals surface area contributed by atoms with E-state index in [1.54, 1.807) is 7.11 Å². The van der Waals surface area contributed by atoms with Crippen LogP contribution in [0.3, 0.4) is 0 Å². The Hall–Kier alpha value is -3.26. The number of nitrogens with one attached hydrogen (secondary N) is 2. The quantitative estimate of drug-likeness (QED) is 0.374. The molecule has 2 aromatic carbocycles. The lowest BCUT2D eigenvalue weighted by molar-refractivity contribution is -0.116. The van der Waals surface area contributed by atoms with Gasteiger partial charge in [-0.15, -0.1) is 0 Å². The molecule has 1 aromatic heterocycles. The summed E-state index contributed by atoms with van der Waals surface area (Å²) < 4.78 is 11.4. The van der Waals surface area contributed by atoms with Crippen molar-refractivity contribution in [1.82, 2.24) is 9.97 Å². The van der Waals surface area contributed by atoms with E-state index in [1.807, 2.05) is 48.5 Å². The Morgan fingerprint density at radius 3 is 2.64 bits per heavy atom. The Balaban J connectivity index is 1.63. The van der Waals surface area contributed by atoms with Crippen LogP contribution in [-0.2, 0) is 10.5 Å². The third-order valence-corrected chi connectivity index (χ3v) is 6.25. The molecule has 1 unspecified atom stereocenters. The summed E-state index contributed by atoms with van der Waals surface area (Å²) in [6.45, 7) is 4.71. The number of thioether (sulfide) groups is 1. The van der Waals surface area contributed by atoms with E-state index in [-0.39, 0.29) is 17.9 Å². The maximum atomic E-state index is 13.1. The fourth-order valence-electron chi connectivity index (χ4n) is 3.71. The number of methoxy groups -OCH3 is 1. The number of nitrogens with zero attached hydrogens (tertiary/aromatic N) is 1. The second-order valence-corrected chi connectivity index (χ2v) is 9.29. The van der Waals surface area contributed by atoms with Crippen molar-refractivity contribution in [3.05, 3.63) is 75.6 Å². The maximum absolute atomic E-state index is 13.1. The fourth-order valence-corrected chi connectivity index (χ4v) is 4.52. The molecule has 2 heterocycles. The first kappa shape index (κ1) is 22.9. The summed E-state index contributed by atoms with van der Waals surface area (Å²) in [4.78, 5) is 33.0. The minimum atomic E-state index is -0.425. The van der Waals surface area contributed by atoms with Gasteiger partial charge in [0.15, 0.2) is 16.7 Å². The zero-order chi connectivity index (χ0) is 23.4. The highest BCUT2D eigenvalue weighted by molar-refractivity contribution is 7.98. The molecular formula is C25H27N3O4S. The Labute approximate surface area is 196 Å². The van der Waals surface area contributed by atoms with Gasteiger partial charge in [-0.25, -0.2) is 4.98 Å². The molecule has 8 heteroatoms. The minimum absolute atomic E-state index is 0.156. The van der Waals surface area contributed by atoms with Crippen molar-refractivity contribution in [3.63, 3.8) is 0 Å². The van der Waals surface area contributed by atoms with Gasteiger partial charge in [0.25, 0.3) is 5.56 Å². The predicted molar refractivity (Wildman–Crippen MR) is 129 cm³/mol. The third-order valence-electron chi connectivity index (χ3n) is 5.31. The number of carbonyl (C=O) groups excluding carboxylic acids is 1. The summed E-state index contributed by atoms with van der Waals surface area (Å²) >= 11 is 1.42. The molecule has 0 radical (unpaired) electrons. The molecule has 33 heavy (non-hydrogen) atoms. The lowest BCUT2D eigenvalue weighted by Crippen LogP contribution is -2.31. The van der Waals surface area contributed by atoms with Gasteiger partial charge in [-0.2, -0.15) is 0 Å². The van der Waals surface area contributed by atoms with Crippen LogP contribution in [0.15, 0.2) is 58.5 Å². The van der Waals surface area contributed by atoms with Gasteiger partial charge >= 0.3 is 0 Å². The molecule has 172 valence electrons. The van der Waals surface area contributed by atoms with Crippen LogP contribution in [0.2, 0.25) is 0 Å². The summed E-state index contributed by atoms with van der Waals surface area (Å²) in [5.41, 5.74) is 2.13. The molecule has 0 saturated heterocycles. The van der Waals surface area contributed by atoms with Gasteiger partial charge in [-0.05, 0) is 29.2 Å². The number of rotatable bonds is 8. The average Bonchev–Trinajstić information content (AvgIpc) is 2.81. The van der Waals surface area contributed by atoms with E-state index in [1.165, 1.54) is 11.8 Å². The standard InChI is InChI=1S/C25H27N3O4S/c1-15(2)13-32-19-10-9-17(11-20(19)31-3)18-12-21(29)26-23-22(18)24(30)28-25(27-23)33-14-16-7-5-4-6-8-16/h4-11,15,18H,12-14H2,1-3H3,(H2,26,27,28,29,30). The number of carbonyl (C=O) groups is 1. The Morgan fingerprint density at radius 1 is 1.12 bits per heavy atom. The molecule has 0 bridgehead atoms. The second-order valence-electron chi connectivity index (χ2n) is 8.33. The average molecular weight is 466 g/mol. The molecule has 1 amide bonds. The van der Waals surface area contributed by atoms with E-state index in [0.29, 0.717) is 46.3 Å². The second kappa shape index (κ2) is 10.1. The highest BCUT2D eigenvalue weighted by Gasteiger charge is 2.31. The number of hydrogen-bond donors (Lipinski definition) is 2. The molecule has 4 rings (SSSR count). The van der Waals surface area contributed by atoms with Crippen molar-refractivity contribution < 1.29 is 14.3 Å². The molecule has 1 aliphatic heterocycles. The smallest absolute Gasteiger partial charge is 0.257 e. The molecule has 3 aromatic rings. The predicted octanol–water partition coefficient (Wildman–Crippen LogP) is 4.58. The highest BCUT2D eigenvalue weighted by atomic mass is 32.2. The van der Waals surface area contributed by atoms with Gasteiger partial charge in [0.05, 0.1) is 19.3 Å². The van der Waals surface area contributed by atoms with Crippen LogP contribution >= 0.6 is 11.8 Å².